The van der Waals surface area contributed by atoms with Crippen LogP contribution in [-0.4, -0.2) is 56.8 Å². The first-order chi connectivity index (χ1) is 14.8. The second-order valence-corrected chi connectivity index (χ2v) is 12.1. The number of methoxy groups -OCH3 is 3. The van der Waals surface area contributed by atoms with Crippen LogP contribution in [0.5, 0.6) is 11.5 Å². The van der Waals surface area contributed by atoms with Gasteiger partial charge in [0, 0.05) is 21.0 Å². The maximum Gasteiger partial charge on any atom is 0.345 e. The number of nitrogens with two attached hydrogens (primary N) is 1. The molecule has 2 N–H and O–H groups in total. The van der Waals surface area contributed by atoms with Crippen molar-refractivity contribution >= 4 is 68.6 Å². The lowest BCUT2D eigenvalue weighted by atomic mass is 10.2. The molecule has 0 aliphatic carbocycles. The summed E-state index contributed by atoms with van der Waals surface area (Å²) >= 11 is 5.93. The van der Waals surface area contributed by atoms with Gasteiger partial charge in [-0.1, -0.05) is 11.8 Å². The van der Waals surface area contributed by atoms with Gasteiger partial charge in [0.1, 0.15) is 10.0 Å². The Labute approximate surface area is 195 Å². The van der Waals surface area contributed by atoms with E-state index >= 15 is 4.39 Å². The first kappa shape index (κ1) is 24.3. The lowest BCUT2D eigenvalue weighted by molar-refractivity contribution is -0.149. The minimum Gasteiger partial charge on any atom is -0.493 e. The van der Waals surface area contributed by atoms with Crippen molar-refractivity contribution < 1.29 is 32.9 Å². The van der Waals surface area contributed by atoms with Gasteiger partial charge in [-0.3, -0.25) is 4.79 Å². The third-order valence-electron chi connectivity index (χ3n) is 4.31. The van der Waals surface area contributed by atoms with E-state index < -0.39 is 33.1 Å². The van der Waals surface area contributed by atoms with Gasteiger partial charge in [0.25, 0.3) is 0 Å². The van der Waals surface area contributed by atoms with Gasteiger partial charge in [-0.2, -0.15) is 0 Å². The molecule has 0 unspecified atom stereocenters. The largest absolute Gasteiger partial charge is 0.493 e. The van der Waals surface area contributed by atoms with Crippen molar-refractivity contribution in [3.63, 3.8) is 0 Å². The van der Waals surface area contributed by atoms with Crippen molar-refractivity contribution in [1.82, 2.24) is 0 Å². The van der Waals surface area contributed by atoms with Crippen LogP contribution in [-0.2, 0) is 22.5 Å². The smallest absolute Gasteiger partial charge is 0.345 e. The molecule has 31 heavy (non-hydrogen) atoms. The Morgan fingerprint density at radius 1 is 1.23 bits per heavy atom. The maximum absolute atomic E-state index is 15.1. The number of primary amides is 1. The van der Waals surface area contributed by atoms with Crippen molar-refractivity contribution in [3.8, 4) is 11.5 Å². The molecule has 0 bridgehead atoms. The Hall–Kier alpha value is -1.34. The SMILES string of the molecule is COC(=O)[C@@H](OCC(N)=O)SC1(c2cc3c(F)c(OC)c(OC)cc3s2)SCCCS1. The van der Waals surface area contributed by atoms with Crippen molar-refractivity contribution in [1.29, 1.82) is 0 Å². The zero-order chi connectivity index (χ0) is 22.6. The molecule has 1 aromatic carbocycles. The second-order valence-electron chi connectivity index (χ2n) is 6.31. The van der Waals surface area contributed by atoms with Gasteiger partial charge >= 0.3 is 5.97 Å². The van der Waals surface area contributed by atoms with Crippen molar-refractivity contribution in [2.75, 3.05) is 39.4 Å². The van der Waals surface area contributed by atoms with Gasteiger partial charge < -0.3 is 24.7 Å². The lowest BCUT2D eigenvalue weighted by Gasteiger charge is -2.36. The van der Waals surface area contributed by atoms with Crippen LogP contribution >= 0.6 is 46.6 Å². The second kappa shape index (κ2) is 10.5. The summed E-state index contributed by atoms with van der Waals surface area (Å²) < 4.78 is 35.9. The molecule has 7 nitrogen and oxygen atoms in total. The number of amides is 1. The quantitative estimate of drug-likeness (QED) is 0.402. The highest BCUT2D eigenvalue weighted by Crippen LogP contribution is 2.61. The summed E-state index contributed by atoms with van der Waals surface area (Å²) in [6.45, 7) is -0.409. The number of carbonyl (C=O) groups is 2. The summed E-state index contributed by atoms with van der Waals surface area (Å²) in [5.74, 6) is 0.259. The number of hydrogen-bond acceptors (Lipinski definition) is 10. The Kier molecular flexibility index (Phi) is 8.25. The molecule has 1 aromatic heterocycles. The molecule has 170 valence electrons. The van der Waals surface area contributed by atoms with Gasteiger partial charge in [0.15, 0.2) is 17.3 Å². The maximum atomic E-state index is 15.1. The predicted molar refractivity (Wildman–Crippen MR) is 125 cm³/mol. The Morgan fingerprint density at radius 2 is 1.94 bits per heavy atom. The summed E-state index contributed by atoms with van der Waals surface area (Å²) in [7, 11) is 4.10. The first-order valence-electron chi connectivity index (χ1n) is 9.13. The zero-order valence-corrected chi connectivity index (χ0v) is 20.4. The minimum atomic E-state index is -1.06. The third kappa shape index (κ3) is 5.19. The Balaban J connectivity index is 2.05. The minimum absolute atomic E-state index is 0.0437. The molecular formula is C19H22FNO6S4. The molecule has 2 heterocycles. The number of thiophene rings is 1. The molecule has 1 fully saturated rings. The molecule has 3 rings (SSSR count). The Bertz CT molecular complexity index is 963. The summed E-state index contributed by atoms with van der Waals surface area (Å²) in [6.07, 6.45) is 1.00. The molecule has 0 saturated carbocycles. The average molecular weight is 508 g/mol. The summed E-state index contributed by atoms with van der Waals surface area (Å²) in [5, 5.41) is 0.414. The number of thioether (sulfide) groups is 3. The summed E-state index contributed by atoms with van der Waals surface area (Å²) in [6, 6.07) is 3.52. The van der Waals surface area contributed by atoms with Crippen LogP contribution < -0.4 is 15.2 Å². The number of esters is 1. The average Bonchev–Trinajstić information content (AvgIpc) is 3.21. The number of fused-ring (bicyclic) bond motifs is 1. The van der Waals surface area contributed by atoms with Gasteiger partial charge in [-0.15, -0.1) is 34.9 Å². The van der Waals surface area contributed by atoms with E-state index in [9.17, 15) is 9.59 Å². The number of ether oxygens (including phenoxy) is 4. The number of benzene rings is 1. The topological polar surface area (TPSA) is 97.1 Å². The van der Waals surface area contributed by atoms with Crippen LogP contribution in [0.15, 0.2) is 12.1 Å². The number of hydrogen-bond donors (Lipinski definition) is 1. The van der Waals surface area contributed by atoms with Crippen molar-refractivity contribution in [2.45, 2.75) is 15.3 Å². The molecule has 1 amide bonds. The van der Waals surface area contributed by atoms with E-state index in [1.54, 1.807) is 35.7 Å². The molecule has 12 heteroatoms. The highest BCUT2D eigenvalue weighted by atomic mass is 32.3. The van der Waals surface area contributed by atoms with Gasteiger partial charge in [-0.05, 0) is 24.0 Å². The van der Waals surface area contributed by atoms with Crippen LogP contribution in [0.3, 0.4) is 0 Å². The van der Waals surface area contributed by atoms with Gasteiger partial charge in [0.05, 0.1) is 21.3 Å². The van der Waals surface area contributed by atoms with Crippen LogP contribution in [0.4, 0.5) is 4.39 Å². The van der Waals surface area contributed by atoms with Gasteiger partial charge in [-0.25, -0.2) is 9.18 Å². The number of halogens is 1. The van der Waals surface area contributed by atoms with Crippen molar-refractivity contribution in [3.05, 3.63) is 22.8 Å². The first-order valence-corrected chi connectivity index (χ1v) is 12.8. The molecule has 0 spiro atoms. The van der Waals surface area contributed by atoms with E-state index in [1.165, 1.54) is 44.4 Å². The van der Waals surface area contributed by atoms with E-state index in [-0.39, 0.29) is 5.75 Å². The van der Waals surface area contributed by atoms with Crippen LogP contribution in [0.2, 0.25) is 0 Å². The number of rotatable bonds is 9. The van der Waals surface area contributed by atoms with Crippen LogP contribution in [0.25, 0.3) is 10.1 Å². The molecule has 0 radical (unpaired) electrons. The highest BCUT2D eigenvalue weighted by molar-refractivity contribution is 8.33. The molecule has 1 atom stereocenters. The Morgan fingerprint density at radius 3 is 2.52 bits per heavy atom. The fourth-order valence-corrected chi connectivity index (χ4v) is 9.64. The van der Waals surface area contributed by atoms with E-state index in [0.29, 0.717) is 15.8 Å². The van der Waals surface area contributed by atoms with Crippen molar-refractivity contribution in [2.24, 2.45) is 5.73 Å². The fraction of sp³-hybridized carbons (Fsp3) is 0.474. The van der Waals surface area contributed by atoms with Gasteiger partial charge in [0.2, 0.25) is 11.3 Å². The summed E-state index contributed by atoms with van der Waals surface area (Å²) in [5.41, 5.74) is 4.12. The normalized spacial score (nSPS) is 16.6. The van der Waals surface area contributed by atoms with Crippen LogP contribution in [0, 0.1) is 5.82 Å². The lowest BCUT2D eigenvalue weighted by Crippen LogP contribution is -2.32. The van der Waals surface area contributed by atoms with E-state index in [2.05, 4.69) is 0 Å². The highest BCUT2D eigenvalue weighted by Gasteiger charge is 2.43. The molecule has 1 aliphatic rings. The van der Waals surface area contributed by atoms with E-state index in [4.69, 9.17) is 24.7 Å². The van der Waals surface area contributed by atoms with Crippen LogP contribution in [0.1, 0.15) is 11.3 Å². The standard InChI is InChI=1S/C19H22FNO6S4/c1-24-11-8-12-10(15(20)16(11)25-2)7-13(30-12)19(28-5-4-6-29-19)31-18(17(23)26-3)27-9-14(21)22/h7-8,18H,4-6,9H2,1-3H3,(H2,21,22)/t18-/m0/s1. The predicted octanol–water partition coefficient (Wildman–Crippen LogP) is 3.77. The summed E-state index contributed by atoms with van der Waals surface area (Å²) in [4.78, 5) is 24.4. The fourth-order valence-electron chi connectivity index (χ4n) is 2.92. The molecule has 1 aliphatic heterocycles. The van der Waals surface area contributed by atoms with E-state index in [1.807, 2.05) is 0 Å². The molecule has 1 saturated heterocycles. The zero-order valence-electron chi connectivity index (χ0n) is 17.1. The monoisotopic (exact) mass is 507 g/mol. The number of carbonyl (C=O) groups excluding carboxylic acids is 2. The third-order valence-corrected chi connectivity index (χ3v) is 11.2. The molecular weight excluding hydrogens is 485 g/mol. The molecule has 2 aromatic rings. The van der Waals surface area contributed by atoms with E-state index in [0.717, 1.165) is 22.8 Å².